The van der Waals surface area contributed by atoms with Gasteiger partial charge in [0.25, 0.3) is 0 Å². The highest BCUT2D eigenvalue weighted by Gasteiger charge is 2.16. The molecule has 0 spiro atoms. The van der Waals surface area contributed by atoms with Crippen LogP contribution in [-0.4, -0.2) is 68.6 Å². The summed E-state index contributed by atoms with van der Waals surface area (Å²) in [5.41, 5.74) is 1.42. The largest absolute Gasteiger partial charge is 0.356 e. The van der Waals surface area contributed by atoms with E-state index >= 15 is 0 Å². The second-order valence-corrected chi connectivity index (χ2v) is 7.09. The van der Waals surface area contributed by atoms with Crippen molar-refractivity contribution in [3.05, 3.63) is 35.9 Å². The summed E-state index contributed by atoms with van der Waals surface area (Å²) in [5, 5.41) is 6.77. The SMILES string of the molecule is CCCCNC(=NC)NCCCCN1CCN(Cc2ccccc2)CC1.I. The highest BCUT2D eigenvalue weighted by atomic mass is 127. The Labute approximate surface area is 183 Å². The van der Waals surface area contributed by atoms with E-state index in [9.17, 15) is 0 Å². The van der Waals surface area contributed by atoms with Crippen LogP contribution < -0.4 is 10.6 Å². The van der Waals surface area contributed by atoms with Gasteiger partial charge in [-0.3, -0.25) is 9.89 Å². The third-order valence-electron chi connectivity index (χ3n) is 4.95. The van der Waals surface area contributed by atoms with Gasteiger partial charge in [0.1, 0.15) is 0 Å². The Morgan fingerprint density at radius 2 is 1.56 bits per heavy atom. The lowest BCUT2D eigenvalue weighted by molar-refractivity contribution is 0.126. The number of nitrogens with one attached hydrogen (secondary N) is 2. The molecule has 0 atom stereocenters. The summed E-state index contributed by atoms with van der Waals surface area (Å²) in [4.78, 5) is 9.44. The maximum atomic E-state index is 4.27. The van der Waals surface area contributed by atoms with E-state index in [0.29, 0.717) is 0 Å². The molecule has 1 fully saturated rings. The van der Waals surface area contributed by atoms with Crippen molar-refractivity contribution in [2.75, 3.05) is 52.9 Å². The quantitative estimate of drug-likeness (QED) is 0.230. The van der Waals surface area contributed by atoms with Gasteiger partial charge in [0.2, 0.25) is 0 Å². The number of rotatable bonds is 10. The minimum absolute atomic E-state index is 0. The van der Waals surface area contributed by atoms with Crippen LogP contribution in [0.4, 0.5) is 0 Å². The zero-order valence-corrected chi connectivity index (χ0v) is 19.5. The summed E-state index contributed by atoms with van der Waals surface area (Å²) in [6, 6.07) is 10.8. The van der Waals surface area contributed by atoms with Gasteiger partial charge >= 0.3 is 0 Å². The summed E-state index contributed by atoms with van der Waals surface area (Å²) >= 11 is 0. The number of aliphatic imine (C=N–C) groups is 1. The van der Waals surface area contributed by atoms with Gasteiger partial charge in [-0.2, -0.15) is 0 Å². The van der Waals surface area contributed by atoms with E-state index in [1.54, 1.807) is 0 Å². The molecule has 0 bridgehead atoms. The lowest BCUT2D eigenvalue weighted by atomic mass is 10.2. The Hall–Kier alpha value is -0.860. The normalized spacial score (nSPS) is 16.0. The van der Waals surface area contributed by atoms with Crippen molar-refractivity contribution in [2.24, 2.45) is 4.99 Å². The first-order valence-electron chi connectivity index (χ1n) is 10.2. The van der Waals surface area contributed by atoms with Gasteiger partial charge in [-0.25, -0.2) is 0 Å². The van der Waals surface area contributed by atoms with Crippen molar-refractivity contribution in [1.29, 1.82) is 0 Å². The monoisotopic (exact) mass is 487 g/mol. The van der Waals surface area contributed by atoms with Crippen molar-refractivity contribution >= 4 is 29.9 Å². The molecule has 2 N–H and O–H groups in total. The molecule has 1 aromatic rings. The smallest absolute Gasteiger partial charge is 0.190 e. The fourth-order valence-corrected chi connectivity index (χ4v) is 3.28. The zero-order chi connectivity index (χ0) is 18.5. The first-order chi connectivity index (χ1) is 12.8. The van der Waals surface area contributed by atoms with Gasteiger partial charge in [0, 0.05) is 52.9 Å². The molecule has 5 nitrogen and oxygen atoms in total. The van der Waals surface area contributed by atoms with Crippen LogP contribution in [0.1, 0.15) is 38.2 Å². The van der Waals surface area contributed by atoms with Crippen LogP contribution in [0, 0.1) is 0 Å². The first-order valence-corrected chi connectivity index (χ1v) is 10.2. The summed E-state index contributed by atoms with van der Waals surface area (Å²) in [6.45, 7) is 11.3. The summed E-state index contributed by atoms with van der Waals surface area (Å²) in [7, 11) is 1.84. The fraction of sp³-hybridized carbons (Fsp3) is 0.667. The van der Waals surface area contributed by atoms with E-state index in [0.717, 1.165) is 25.6 Å². The van der Waals surface area contributed by atoms with Gasteiger partial charge < -0.3 is 15.5 Å². The molecule has 0 unspecified atom stereocenters. The average molecular weight is 487 g/mol. The molecule has 6 heteroatoms. The Kier molecular flexibility index (Phi) is 13.5. The lowest BCUT2D eigenvalue weighted by Gasteiger charge is -2.34. The second-order valence-electron chi connectivity index (χ2n) is 7.09. The maximum Gasteiger partial charge on any atom is 0.190 e. The van der Waals surface area contributed by atoms with Gasteiger partial charge in [-0.05, 0) is 31.4 Å². The first kappa shape index (κ1) is 24.2. The van der Waals surface area contributed by atoms with Crippen LogP contribution in [0.2, 0.25) is 0 Å². The van der Waals surface area contributed by atoms with E-state index < -0.39 is 0 Å². The van der Waals surface area contributed by atoms with E-state index in [1.807, 2.05) is 7.05 Å². The van der Waals surface area contributed by atoms with Crippen LogP contribution in [0.15, 0.2) is 35.3 Å². The molecule has 0 aromatic heterocycles. The molecule has 1 saturated heterocycles. The van der Waals surface area contributed by atoms with Gasteiger partial charge in [0.15, 0.2) is 5.96 Å². The topological polar surface area (TPSA) is 42.9 Å². The number of hydrogen-bond acceptors (Lipinski definition) is 3. The van der Waals surface area contributed by atoms with Gasteiger partial charge in [0.05, 0.1) is 0 Å². The summed E-state index contributed by atoms with van der Waals surface area (Å²) in [5.74, 6) is 0.938. The molecule has 1 aliphatic heterocycles. The molecule has 1 aliphatic rings. The predicted molar refractivity (Wildman–Crippen MR) is 127 cm³/mol. The van der Waals surface area contributed by atoms with Crippen LogP contribution in [0.25, 0.3) is 0 Å². The highest BCUT2D eigenvalue weighted by Crippen LogP contribution is 2.08. The second kappa shape index (κ2) is 15.1. The van der Waals surface area contributed by atoms with Crippen LogP contribution >= 0.6 is 24.0 Å². The summed E-state index contributed by atoms with van der Waals surface area (Å²) < 4.78 is 0. The zero-order valence-electron chi connectivity index (χ0n) is 17.1. The minimum atomic E-state index is 0. The maximum absolute atomic E-state index is 4.27. The van der Waals surface area contributed by atoms with E-state index in [2.05, 4.69) is 62.7 Å². The number of halogens is 1. The van der Waals surface area contributed by atoms with E-state index in [-0.39, 0.29) is 24.0 Å². The van der Waals surface area contributed by atoms with Gasteiger partial charge in [-0.15, -0.1) is 24.0 Å². The molecule has 0 radical (unpaired) electrons. The van der Waals surface area contributed by atoms with Crippen LogP contribution in [0.5, 0.6) is 0 Å². The molecule has 0 aliphatic carbocycles. The number of nitrogens with zero attached hydrogens (tertiary/aromatic N) is 3. The van der Waals surface area contributed by atoms with E-state index in [4.69, 9.17) is 0 Å². The molecule has 0 amide bonds. The highest BCUT2D eigenvalue weighted by molar-refractivity contribution is 14.0. The molecular weight excluding hydrogens is 449 g/mol. The van der Waals surface area contributed by atoms with Crippen molar-refractivity contribution < 1.29 is 0 Å². The third kappa shape index (κ3) is 10.3. The third-order valence-corrected chi connectivity index (χ3v) is 4.95. The van der Waals surface area contributed by atoms with E-state index in [1.165, 1.54) is 64.0 Å². The van der Waals surface area contributed by atoms with Crippen molar-refractivity contribution in [3.63, 3.8) is 0 Å². The molecule has 2 rings (SSSR count). The standard InChI is InChI=1S/C21H37N5.HI/c1-3-4-12-23-21(22-2)24-13-8-9-14-25-15-17-26(18-16-25)19-20-10-6-5-7-11-20;/h5-7,10-11H,3-4,8-9,12-19H2,1-2H3,(H2,22,23,24);1H. The predicted octanol–water partition coefficient (Wildman–Crippen LogP) is 3.17. The van der Waals surface area contributed by atoms with Crippen LogP contribution in [-0.2, 0) is 6.54 Å². The molecular formula is C21H38IN5. The molecule has 1 heterocycles. The minimum Gasteiger partial charge on any atom is -0.356 e. The number of guanidine groups is 1. The van der Waals surface area contributed by atoms with Gasteiger partial charge in [-0.1, -0.05) is 43.7 Å². The van der Waals surface area contributed by atoms with Crippen molar-refractivity contribution in [2.45, 2.75) is 39.2 Å². The van der Waals surface area contributed by atoms with Crippen LogP contribution in [0.3, 0.4) is 0 Å². The number of benzene rings is 1. The number of piperazine rings is 1. The Balaban J connectivity index is 0.00000364. The Bertz CT molecular complexity index is 501. The van der Waals surface area contributed by atoms with Crippen molar-refractivity contribution in [3.8, 4) is 0 Å². The fourth-order valence-electron chi connectivity index (χ4n) is 3.28. The Morgan fingerprint density at radius 3 is 2.19 bits per heavy atom. The number of unbranched alkanes of at least 4 members (excludes halogenated alkanes) is 2. The molecule has 154 valence electrons. The Morgan fingerprint density at radius 1 is 0.926 bits per heavy atom. The lowest BCUT2D eigenvalue weighted by Crippen LogP contribution is -2.46. The molecule has 1 aromatic carbocycles. The summed E-state index contributed by atoms with van der Waals surface area (Å²) in [6.07, 6.45) is 4.84. The van der Waals surface area contributed by atoms with Crippen molar-refractivity contribution in [1.82, 2.24) is 20.4 Å². The average Bonchev–Trinajstić information content (AvgIpc) is 2.68. The molecule has 27 heavy (non-hydrogen) atoms. The molecule has 0 saturated carbocycles. The number of hydrogen-bond donors (Lipinski definition) is 2.